The number of esters is 1. The average Bonchev–Trinajstić information content (AvgIpc) is 2.77. The molecule has 1 heterocycles. The largest absolute Gasteiger partial charge is 0.461 e. The quantitative estimate of drug-likeness (QED) is 0.768. The Hall–Kier alpha value is -1.78. The number of carbonyl (C=O) groups excluding carboxylic acids is 2. The van der Waals surface area contributed by atoms with Gasteiger partial charge in [-0.1, -0.05) is 13.3 Å². The number of amides is 1. The van der Waals surface area contributed by atoms with E-state index in [1.54, 1.807) is 29.8 Å². The van der Waals surface area contributed by atoms with Crippen LogP contribution >= 0.6 is 0 Å². The molecule has 0 spiro atoms. The summed E-state index contributed by atoms with van der Waals surface area (Å²) in [5.41, 5.74) is 0.403. The molecule has 1 rings (SSSR count). The van der Waals surface area contributed by atoms with Crippen molar-refractivity contribution in [3.63, 3.8) is 0 Å². The smallest absolute Gasteiger partial charge is 0.354 e. The molecule has 0 aliphatic rings. The lowest BCUT2D eigenvalue weighted by Crippen LogP contribution is -2.35. The van der Waals surface area contributed by atoms with Gasteiger partial charge in [0.2, 0.25) is 5.91 Å². The number of carbonyl (C=O) groups is 2. The highest BCUT2D eigenvalue weighted by atomic mass is 16.5. The molecule has 0 saturated carbocycles. The standard InChI is InChI=1S/C14H22N2O3/c1-4-7-11(3)15-13(17)10-16-9-6-8-12(16)14(18)19-5-2/h6,8-9,11H,4-5,7,10H2,1-3H3,(H,15,17). The second-order valence-electron chi connectivity index (χ2n) is 4.50. The third-order valence-electron chi connectivity index (χ3n) is 2.76. The molecule has 1 aromatic heterocycles. The van der Waals surface area contributed by atoms with Crippen LogP contribution in [0.15, 0.2) is 18.3 Å². The van der Waals surface area contributed by atoms with Crippen molar-refractivity contribution in [2.75, 3.05) is 6.61 Å². The summed E-state index contributed by atoms with van der Waals surface area (Å²) in [6, 6.07) is 3.54. The lowest BCUT2D eigenvalue weighted by molar-refractivity contribution is -0.122. The van der Waals surface area contributed by atoms with E-state index in [0.29, 0.717) is 12.3 Å². The molecule has 1 atom stereocenters. The number of hydrogen-bond donors (Lipinski definition) is 1. The molecule has 1 unspecified atom stereocenters. The van der Waals surface area contributed by atoms with Crippen LogP contribution in [-0.2, 0) is 16.1 Å². The summed E-state index contributed by atoms with van der Waals surface area (Å²) in [5, 5.41) is 2.91. The lowest BCUT2D eigenvalue weighted by atomic mass is 10.2. The summed E-state index contributed by atoms with van der Waals surface area (Å²) >= 11 is 0. The number of nitrogens with one attached hydrogen (secondary N) is 1. The third-order valence-corrected chi connectivity index (χ3v) is 2.76. The van der Waals surface area contributed by atoms with Gasteiger partial charge in [0.1, 0.15) is 12.2 Å². The Bertz CT molecular complexity index is 426. The number of aromatic nitrogens is 1. The molecular weight excluding hydrogens is 244 g/mol. The minimum atomic E-state index is -0.401. The van der Waals surface area contributed by atoms with Crippen LogP contribution in [-0.4, -0.2) is 29.1 Å². The Morgan fingerprint density at radius 1 is 1.42 bits per heavy atom. The molecule has 1 N–H and O–H groups in total. The minimum Gasteiger partial charge on any atom is -0.461 e. The van der Waals surface area contributed by atoms with Crippen LogP contribution in [0.1, 0.15) is 44.1 Å². The van der Waals surface area contributed by atoms with E-state index in [1.165, 1.54) is 0 Å². The van der Waals surface area contributed by atoms with Crippen molar-refractivity contribution in [3.05, 3.63) is 24.0 Å². The Labute approximate surface area is 113 Å². The first-order valence-corrected chi connectivity index (χ1v) is 6.70. The van der Waals surface area contributed by atoms with Gasteiger partial charge in [0, 0.05) is 12.2 Å². The van der Waals surface area contributed by atoms with Gasteiger partial charge in [-0.15, -0.1) is 0 Å². The van der Waals surface area contributed by atoms with Crippen LogP contribution in [0, 0.1) is 0 Å². The van der Waals surface area contributed by atoms with E-state index in [0.717, 1.165) is 12.8 Å². The van der Waals surface area contributed by atoms with Gasteiger partial charge in [0.15, 0.2) is 0 Å². The fourth-order valence-electron chi connectivity index (χ4n) is 1.92. The van der Waals surface area contributed by atoms with Gasteiger partial charge in [0.05, 0.1) is 6.61 Å². The predicted octanol–water partition coefficient (Wildman–Crippen LogP) is 1.97. The molecule has 5 heteroatoms. The van der Waals surface area contributed by atoms with Crippen LogP contribution in [0.5, 0.6) is 0 Å². The second-order valence-corrected chi connectivity index (χ2v) is 4.50. The van der Waals surface area contributed by atoms with Crippen molar-refractivity contribution in [3.8, 4) is 0 Å². The molecule has 106 valence electrons. The molecule has 1 amide bonds. The highest BCUT2D eigenvalue weighted by Gasteiger charge is 2.14. The van der Waals surface area contributed by atoms with Crippen LogP contribution in [0.4, 0.5) is 0 Å². The lowest BCUT2D eigenvalue weighted by Gasteiger charge is -2.14. The molecule has 0 aromatic carbocycles. The molecule has 0 bridgehead atoms. The summed E-state index contributed by atoms with van der Waals surface area (Å²) in [6.45, 7) is 6.26. The summed E-state index contributed by atoms with van der Waals surface area (Å²) in [6.07, 6.45) is 3.68. The van der Waals surface area contributed by atoms with E-state index < -0.39 is 5.97 Å². The Kier molecular flexibility index (Phi) is 6.12. The Balaban J connectivity index is 2.60. The molecule has 5 nitrogen and oxygen atoms in total. The molecule has 0 aliphatic heterocycles. The number of nitrogens with zero attached hydrogens (tertiary/aromatic N) is 1. The topological polar surface area (TPSA) is 60.3 Å². The van der Waals surface area contributed by atoms with Gasteiger partial charge in [-0.3, -0.25) is 4.79 Å². The average molecular weight is 266 g/mol. The van der Waals surface area contributed by atoms with E-state index in [-0.39, 0.29) is 18.5 Å². The van der Waals surface area contributed by atoms with Crippen LogP contribution in [0.3, 0.4) is 0 Å². The first-order chi connectivity index (χ1) is 9.08. The maximum absolute atomic E-state index is 11.8. The maximum Gasteiger partial charge on any atom is 0.354 e. The first kappa shape index (κ1) is 15.3. The normalized spacial score (nSPS) is 11.9. The number of ether oxygens (including phenoxy) is 1. The monoisotopic (exact) mass is 266 g/mol. The van der Waals surface area contributed by atoms with Gasteiger partial charge >= 0.3 is 5.97 Å². The molecule has 0 aliphatic carbocycles. The number of hydrogen-bond acceptors (Lipinski definition) is 3. The zero-order valence-electron chi connectivity index (χ0n) is 11.8. The van der Waals surface area contributed by atoms with Gasteiger partial charge in [-0.25, -0.2) is 4.79 Å². The summed E-state index contributed by atoms with van der Waals surface area (Å²) in [5.74, 6) is -0.496. The second kappa shape index (κ2) is 7.61. The van der Waals surface area contributed by atoms with Gasteiger partial charge in [-0.2, -0.15) is 0 Å². The number of rotatable bonds is 7. The fourth-order valence-corrected chi connectivity index (χ4v) is 1.92. The SMILES string of the molecule is CCCC(C)NC(=O)Cn1cccc1C(=O)OCC. The summed E-state index contributed by atoms with van der Waals surface area (Å²) < 4.78 is 6.54. The van der Waals surface area contributed by atoms with Crippen molar-refractivity contribution in [1.29, 1.82) is 0 Å². The van der Waals surface area contributed by atoms with E-state index >= 15 is 0 Å². The van der Waals surface area contributed by atoms with Crippen molar-refractivity contribution >= 4 is 11.9 Å². The molecule has 19 heavy (non-hydrogen) atoms. The molecule has 0 radical (unpaired) electrons. The summed E-state index contributed by atoms with van der Waals surface area (Å²) in [4.78, 5) is 23.5. The van der Waals surface area contributed by atoms with E-state index in [9.17, 15) is 9.59 Å². The van der Waals surface area contributed by atoms with Gasteiger partial charge in [-0.05, 0) is 32.4 Å². The van der Waals surface area contributed by atoms with Gasteiger partial charge < -0.3 is 14.6 Å². The van der Waals surface area contributed by atoms with Gasteiger partial charge in [0.25, 0.3) is 0 Å². The summed E-state index contributed by atoms with van der Waals surface area (Å²) in [7, 11) is 0. The zero-order chi connectivity index (χ0) is 14.3. The third kappa shape index (κ3) is 4.77. The fraction of sp³-hybridized carbons (Fsp3) is 0.571. The minimum absolute atomic E-state index is 0.0947. The van der Waals surface area contributed by atoms with E-state index in [4.69, 9.17) is 4.74 Å². The maximum atomic E-state index is 11.8. The van der Waals surface area contributed by atoms with Crippen molar-refractivity contribution in [1.82, 2.24) is 9.88 Å². The Morgan fingerprint density at radius 2 is 2.16 bits per heavy atom. The zero-order valence-corrected chi connectivity index (χ0v) is 11.8. The van der Waals surface area contributed by atoms with Crippen molar-refractivity contribution in [2.45, 2.75) is 46.2 Å². The molecular formula is C14H22N2O3. The molecule has 1 aromatic rings. The van der Waals surface area contributed by atoms with E-state index in [1.807, 2.05) is 6.92 Å². The van der Waals surface area contributed by atoms with Crippen LogP contribution < -0.4 is 5.32 Å². The van der Waals surface area contributed by atoms with Crippen LogP contribution in [0.2, 0.25) is 0 Å². The van der Waals surface area contributed by atoms with Crippen molar-refractivity contribution in [2.24, 2.45) is 0 Å². The predicted molar refractivity (Wildman–Crippen MR) is 72.9 cm³/mol. The highest BCUT2D eigenvalue weighted by molar-refractivity contribution is 5.88. The Morgan fingerprint density at radius 3 is 2.79 bits per heavy atom. The molecule has 0 saturated heterocycles. The van der Waals surface area contributed by atoms with Crippen LogP contribution in [0.25, 0.3) is 0 Å². The van der Waals surface area contributed by atoms with Crippen molar-refractivity contribution < 1.29 is 14.3 Å². The molecule has 0 fully saturated rings. The first-order valence-electron chi connectivity index (χ1n) is 6.70. The highest BCUT2D eigenvalue weighted by Crippen LogP contribution is 2.05. The van der Waals surface area contributed by atoms with E-state index in [2.05, 4.69) is 12.2 Å².